The van der Waals surface area contributed by atoms with Crippen LogP contribution in [0.4, 0.5) is 0 Å². The second kappa shape index (κ2) is 6.02. The zero-order chi connectivity index (χ0) is 13.0. The van der Waals surface area contributed by atoms with Crippen molar-refractivity contribution < 1.29 is 4.79 Å². The van der Waals surface area contributed by atoms with Gasteiger partial charge < -0.3 is 10.2 Å². The molecular weight excluding hydrogens is 226 g/mol. The van der Waals surface area contributed by atoms with E-state index in [4.69, 9.17) is 0 Å². The van der Waals surface area contributed by atoms with E-state index in [-0.39, 0.29) is 0 Å². The molecule has 4 nitrogen and oxygen atoms in total. The summed E-state index contributed by atoms with van der Waals surface area (Å²) in [5.74, 6) is 0.326. The molecule has 104 valence electrons. The van der Waals surface area contributed by atoms with Crippen LogP contribution in [0.3, 0.4) is 0 Å². The Morgan fingerprint density at radius 2 is 1.83 bits per heavy atom. The van der Waals surface area contributed by atoms with Crippen LogP contribution in [0.25, 0.3) is 0 Å². The van der Waals surface area contributed by atoms with Gasteiger partial charge >= 0.3 is 0 Å². The van der Waals surface area contributed by atoms with Gasteiger partial charge in [-0.15, -0.1) is 0 Å². The number of carbonyl (C=O) groups excluding carboxylic acids is 1. The lowest BCUT2D eigenvalue weighted by atomic mass is 9.83. The van der Waals surface area contributed by atoms with Crippen LogP contribution in [0.5, 0.6) is 0 Å². The second-order valence-electron chi connectivity index (χ2n) is 6.42. The fraction of sp³-hybridized carbons (Fsp3) is 0.929. The Labute approximate surface area is 111 Å². The molecule has 1 N–H and O–H groups in total. The van der Waals surface area contributed by atoms with Crippen molar-refractivity contribution >= 4 is 5.91 Å². The van der Waals surface area contributed by atoms with E-state index in [1.54, 1.807) is 0 Å². The topological polar surface area (TPSA) is 35.6 Å². The number of hydrogen-bond donors (Lipinski definition) is 1. The van der Waals surface area contributed by atoms with E-state index < -0.39 is 0 Å². The van der Waals surface area contributed by atoms with E-state index in [1.807, 2.05) is 0 Å². The Balaban J connectivity index is 1.77. The largest absolute Gasteiger partial charge is 0.342 e. The third-order valence-electron chi connectivity index (χ3n) is 4.26. The molecule has 2 heterocycles. The molecule has 0 aromatic carbocycles. The van der Waals surface area contributed by atoms with Crippen LogP contribution in [-0.4, -0.2) is 61.5 Å². The van der Waals surface area contributed by atoms with Gasteiger partial charge in [0.15, 0.2) is 0 Å². The second-order valence-corrected chi connectivity index (χ2v) is 6.42. The summed E-state index contributed by atoms with van der Waals surface area (Å²) in [5, 5.41) is 3.37. The molecule has 0 atom stereocenters. The normalized spacial score (nSPS) is 25.8. The molecule has 2 aliphatic heterocycles. The number of hydrogen-bond acceptors (Lipinski definition) is 3. The van der Waals surface area contributed by atoms with Crippen LogP contribution in [-0.2, 0) is 4.79 Å². The first-order valence-electron chi connectivity index (χ1n) is 7.28. The van der Waals surface area contributed by atoms with Crippen LogP contribution in [0.15, 0.2) is 0 Å². The van der Waals surface area contributed by atoms with Crippen molar-refractivity contribution in [3.05, 3.63) is 0 Å². The Bertz CT molecular complexity index is 273. The molecular formula is C14H27N3O. The van der Waals surface area contributed by atoms with Gasteiger partial charge in [-0.3, -0.25) is 9.69 Å². The fourth-order valence-corrected chi connectivity index (χ4v) is 2.71. The average molecular weight is 253 g/mol. The molecule has 1 amide bonds. The van der Waals surface area contributed by atoms with E-state index in [9.17, 15) is 4.79 Å². The molecule has 4 heteroatoms. The molecule has 0 aliphatic carbocycles. The molecule has 2 rings (SSSR count). The molecule has 2 aliphatic rings. The van der Waals surface area contributed by atoms with Crippen molar-refractivity contribution in [2.45, 2.75) is 33.1 Å². The molecule has 2 saturated heterocycles. The predicted molar refractivity (Wildman–Crippen MR) is 73.5 cm³/mol. The summed E-state index contributed by atoms with van der Waals surface area (Å²) in [6.45, 7) is 11.3. The van der Waals surface area contributed by atoms with E-state index in [0.29, 0.717) is 17.9 Å². The number of rotatable bonds is 2. The first-order valence-corrected chi connectivity index (χ1v) is 7.28. The summed E-state index contributed by atoms with van der Waals surface area (Å²) in [6, 6.07) is 0. The standard InChI is InChI=1S/C14H27N3O/c1-14(2)4-9-17(10-5-14)13(18)12-16-8-3-6-15-7-11-16/h15H,3-12H2,1-2H3. The lowest BCUT2D eigenvalue weighted by Gasteiger charge is -2.37. The van der Waals surface area contributed by atoms with E-state index in [1.165, 1.54) is 0 Å². The van der Waals surface area contributed by atoms with Crippen molar-refractivity contribution in [3.63, 3.8) is 0 Å². The number of carbonyl (C=O) groups is 1. The van der Waals surface area contributed by atoms with Gasteiger partial charge in [-0.05, 0) is 37.8 Å². The summed E-state index contributed by atoms with van der Waals surface area (Å²) in [5.41, 5.74) is 0.420. The molecule has 0 unspecified atom stereocenters. The Morgan fingerprint density at radius 3 is 2.56 bits per heavy atom. The molecule has 0 aromatic rings. The lowest BCUT2D eigenvalue weighted by Crippen LogP contribution is -2.46. The maximum Gasteiger partial charge on any atom is 0.236 e. The van der Waals surface area contributed by atoms with Crippen molar-refractivity contribution in [2.24, 2.45) is 5.41 Å². The van der Waals surface area contributed by atoms with Crippen molar-refractivity contribution in [1.29, 1.82) is 0 Å². The summed E-state index contributed by atoms with van der Waals surface area (Å²) in [7, 11) is 0. The van der Waals surface area contributed by atoms with Crippen LogP contribution < -0.4 is 5.32 Å². The van der Waals surface area contributed by atoms with Gasteiger partial charge in [0.2, 0.25) is 5.91 Å². The molecule has 2 fully saturated rings. The van der Waals surface area contributed by atoms with E-state index in [2.05, 4.69) is 29.0 Å². The Morgan fingerprint density at radius 1 is 1.11 bits per heavy atom. The number of nitrogens with one attached hydrogen (secondary N) is 1. The first-order chi connectivity index (χ1) is 8.57. The lowest BCUT2D eigenvalue weighted by molar-refractivity contribution is -0.134. The number of nitrogens with zero attached hydrogens (tertiary/aromatic N) is 2. The Hall–Kier alpha value is -0.610. The summed E-state index contributed by atoms with van der Waals surface area (Å²) in [4.78, 5) is 16.6. The summed E-state index contributed by atoms with van der Waals surface area (Å²) < 4.78 is 0. The highest BCUT2D eigenvalue weighted by atomic mass is 16.2. The summed E-state index contributed by atoms with van der Waals surface area (Å²) in [6.07, 6.45) is 3.43. The van der Waals surface area contributed by atoms with Gasteiger partial charge in [0, 0.05) is 26.2 Å². The number of amides is 1. The zero-order valence-electron chi connectivity index (χ0n) is 11.9. The van der Waals surface area contributed by atoms with Gasteiger partial charge in [0.05, 0.1) is 6.54 Å². The van der Waals surface area contributed by atoms with Crippen LogP contribution in [0, 0.1) is 5.41 Å². The minimum absolute atomic E-state index is 0.326. The summed E-state index contributed by atoms with van der Waals surface area (Å²) >= 11 is 0. The molecule has 0 aromatic heterocycles. The van der Waals surface area contributed by atoms with Crippen LogP contribution >= 0.6 is 0 Å². The van der Waals surface area contributed by atoms with E-state index in [0.717, 1.165) is 58.5 Å². The Kier molecular flexibility index (Phi) is 4.62. The quantitative estimate of drug-likeness (QED) is 0.795. The van der Waals surface area contributed by atoms with Crippen LogP contribution in [0.2, 0.25) is 0 Å². The highest BCUT2D eigenvalue weighted by Crippen LogP contribution is 2.29. The predicted octanol–water partition coefficient (Wildman–Crippen LogP) is 0.930. The van der Waals surface area contributed by atoms with Gasteiger partial charge in [0.25, 0.3) is 0 Å². The maximum atomic E-state index is 12.3. The average Bonchev–Trinajstić information content (AvgIpc) is 2.57. The minimum Gasteiger partial charge on any atom is -0.342 e. The van der Waals surface area contributed by atoms with Crippen LogP contribution in [0.1, 0.15) is 33.1 Å². The monoisotopic (exact) mass is 253 g/mol. The van der Waals surface area contributed by atoms with Gasteiger partial charge in [-0.2, -0.15) is 0 Å². The SMILES string of the molecule is CC1(C)CCN(C(=O)CN2CCCNCC2)CC1. The fourth-order valence-electron chi connectivity index (χ4n) is 2.71. The van der Waals surface area contributed by atoms with Crippen molar-refractivity contribution in [2.75, 3.05) is 45.8 Å². The maximum absolute atomic E-state index is 12.3. The van der Waals surface area contributed by atoms with Gasteiger partial charge in [-0.25, -0.2) is 0 Å². The van der Waals surface area contributed by atoms with Crippen molar-refractivity contribution in [1.82, 2.24) is 15.1 Å². The third-order valence-corrected chi connectivity index (χ3v) is 4.26. The molecule has 0 bridgehead atoms. The molecule has 0 radical (unpaired) electrons. The molecule has 0 saturated carbocycles. The van der Waals surface area contributed by atoms with E-state index >= 15 is 0 Å². The van der Waals surface area contributed by atoms with Crippen molar-refractivity contribution in [3.8, 4) is 0 Å². The smallest absolute Gasteiger partial charge is 0.236 e. The number of likely N-dealkylation sites (tertiary alicyclic amines) is 1. The third kappa shape index (κ3) is 3.95. The highest BCUT2D eigenvalue weighted by Gasteiger charge is 2.28. The molecule has 0 spiro atoms. The zero-order valence-corrected chi connectivity index (χ0v) is 11.9. The van der Waals surface area contributed by atoms with Gasteiger partial charge in [0.1, 0.15) is 0 Å². The minimum atomic E-state index is 0.326. The highest BCUT2D eigenvalue weighted by molar-refractivity contribution is 5.78. The molecule has 18 heavy (non-hydrogen) atoms. The number of piperidine rings is 1. The van der Waals surface area contributed by atoms with Gasteiger partial charge in [-0.1, -0.05) is 13.8 Å². The first kappa shape index (κ1) is 13.8.